The van der Waals surface area contributed by atoms with E-state index in [4.69, 9.17) is 9.47 Å². The van der Waals surface area contributed by atoms with Crippen LogP contribution < -0.4 is 14.8 Å². The average molecular weight is 354 g/mol. The normalized spacial score (nSPS) is 11.6. The van der Waals surface area contributed by atoms with Crippen molar-refractivity contribution in [3.63, 3.8) is 0 Å². The summed E-state index contributed by atoms with van der Waals surface area (Å²) in [5.41, 5.74) is 0.519. The first kappa shape index (κ1) is 16.7. The summed E-state index contributed by atoms with van der Waals surface area (Å²) in [6.45, 7) is 0. The van der Waals surface area contributed by atoms with Gasteiger partial charge in [-0.25, -0.2) is 19.9 Å². The van der Waals surface area contributed by atoms with E-state index in [0.717, 1.165) is 0 Å². The lowest BCUT2D eigenvalue weighted by Gasteiger charge is -2.12. The van der Waals surface area contributed by atoms with Crippen molar-refractivity contribution < 1.29 is 22.6 Å². The summed E-state index contributed by atoms with van der Waals surface area (Å²) in [7, 11) is 4.32. The highest BCUT2D eigenvalue weighted by atomic mass is 19.4. The molecule has 0 aliphatic rings. The lowest BCUT2D eigenvalue weighted by molar-refractivity contribution is -0.144. The van der Waals surface area contributed by atoms with Gasteiger partial charge in [-0.15, -0.1) is 0 Å². The fraction of sp³-hybridized carbons (Fsp3) is 0.286. The minimum absolute atomic E-state index is 0.0306. The van der Waals surface area contributed by atoms with Crippen LogP contribution in [0, 0.1) is 0 Å². The molecule has 0 aliphatic heterocycles. The Morgan fingerprint density at radius 3 is 2.48 bits per heavy atom. The first-order chi connectivity index (χ1) is 11.9. The molecule has 0 fully saturated rings. The van der Waals surface area contributed by atoms with Gasteiger partial charge in [-0.05, 0) is 0 Å². The van der Waals surface area contributed by atoms with E-state index in [1.807, 2.05) is 0 Å². The molecule has 11 heteroatoms. The molecule has 1 N–H and O–H groups in total. The molecule has 0 atom stereocenters. The molecule has 3 aromatic rings. The number of nitrogens with zero attached hydrogens (tertiary/aromatic N) is 5. The van der Waals surface area contributed by atoms with Crippen LogP contribution in [0.3, 0.4) is 0 Å². The number of pyridine rings is 1. The second-order valence-corrected chi connectivity index (χ2v) is 4.83. The van der Waals surface area contributed by atoms with E-state index in [0.29, 0.717) is 17.3 Å². The molecule has 132 valence electrons. The van der Waals surface area contributed by atoms with E-state index in [1.165, 1.54) is 44.4 Å². The number of aromatic nitrogens is 5. The second-order valence-electron chi connectivity index (χ2n) is 4.83. The van der Waals surface area contributed by atoms with Crippen molar-refractivity contribution in [3.05, 3.63) is 24.4 Å². The SMILES string of the molecule is CNc1nc(C(F)(F)F)nc2c1ncn2-c1cnc(OC)cc1OC. The Kier molecular flexibility index (Phi) is 4.07. The van der Waals surface area contributed by atoms with Crippen LogP contribution in [-0.4, -0.2) is 45.8 Å². The Morgan fingerprint density at radius 2 is 1.88 bits per heavy atom. The van der Waals surface area contributed by atoms with Gasteiger partial charge in [-0.3, -0.25) is 4.57 Å². The lowest BCUT2D eigenvalue weighted by Crippen LogP contribution is -2.13. The summed E-state index contributed by atoms with van der Waals surface area (Å²) >= 11 is 0. The maximum absolute atomic E-state index is 13.1. The summed E-state index contributed by atoms with van der Waals surface area (Å²) < 4.78 is 50.9. The molecule has 25 heavy (non-hydrogen) atoms. The van der Waals surface area contributed by atoms with Crippen LogP contribution in [0.4, 0.5) is 19.0 Å². The molecule has 3 aromatic heterocycles. The molecular formula is C14H13F3N6O2. The van der Waals surface area contributed by atoms with Crippen LogP contribution in [0.2, 0.25) is 0 Å². The molecule has 0 saturated heterocycles. The van der Waals surface area contributed by atoms with Gasteiger partial charge in [-0.2, -0.15) is 13.2 Å². The van der Waals surface area contributed by atoms with Gasteiger partial charge in [0.25, 0.3) is 0 Å². The zero-order chi connectivity index (χ0) is 18.2. The number of hydrogen-bond donors (Lipinski definition) is 1. The Labute approximate surface area is 139 Å². The van der Waals surface area contributed by atoms with Crippen molar-refractivity contribution in [1.82, 2.24) is 24.5 Å². The number of anilines is 1. The minimum Gasteiger partial charge on any atom is -0.494 e. The molecule has 0 bridgehead atoms. The predicted octanol–water partition coefficient (Wildman–Crippen LogP) is 2.29. The molecule has 3 rings (SSSR count). The number of nitrogens with one attached hydrogen (secondary N) is 1. The molecule has 0 amide bonds. The monoisotopic (exact) mass is 354 g/mol. The van der Waals surface area contributed by atoms with Gasteiger partial charge >= 0.3 is 6.18 Å². The lowest BCUT2D eigenvalue weighted by atomic mass is 10.3. The third-order valence-corrected chi connectivity index (χ3v) is 3.40. The number of halogens is 3. The van der Waals surface area contributed by atoms with Crippen molar-refractivity contribution in [3.8, 4) is 17.3 Å². The van der Waals surface area contributed by atoms with E-state index in [2.05, 4.69) is 25.3 Å². The van der Waals surface area contributed by atoms with Crippen molar-refractivity contribution in [2.75, 3.05) is 26.6 Å². The first-order valence-electron chi connectivity index (χ1n) is 6.97. The van der Waals surface area contributed by atoms with Crippen LogP contribution in [0.1, 0.15) is 5.82 Å². The van der Waals surface area contributed by atoms with Gasteiger partial charge in [0, 0.05) is 13.1 Å². The third kappa shape index (κ3) is 2.88. The molecule has 0 saturated carbocycles. The van der Waals surface area contributed by atoms with Crippen LogP contribution >= 0.6 is 0 Å². The molecular weight excluding hydrogens is 341 g/mol. The predicted molar refractivity (Wildman–Crippen MR) is 82.1 cm³/mol. The first-order valence-corrected chi connectivity index (χ1v) is 6.97. The molecule has 3 heterocycles. The number of rotatable bonds is 4. The smallest absolute Gasteiger partial charge is 0.451 e. The van der Waals surface area contributed by atoms with Crippen LogP contribution in [0.15, 0.2) is 18.6 Å². The summed E-state index contributed by atoms with van der Waals surface area (Å²) in [6, 6.07) is 1.51. The Balaban J connectivity index is 2.28. The van der Waals surface area contributed by atoms with Gasteiger partial charge in [0.15, 0.2) is 17.0 Å². The van der Waals surface area contributed by atoms with Crippen molar-refractivity contribution >= 4 is 17.0 Å². The largest absolute Gasteiger partial charge is 0.494 e. The highest BCUT2D eigenvalue weighted by Crippen LogP contribution is 2.32. The van der Waals surface area contributed by atoms with Crippen LogP contribution in [0.25, 0.3) is 16.9 Å². The molecule has 0 unspecified atom stereocenters. The highest BCUT2D eigenvalue weighted by Gasteiger charge is 2.36. The van der Waals surface area contributed by atoms with Gasteiger partial charge in [0.2, 0.25) is 11.7 Å². The van der Waals surface area contributed by atoms with E-state index in [9.17, 15) is 13.2 Å². The van der Waals surface area contributed by atoms with E-state index in [-0.39, 0.29) is 17.0 Å². The standard InChI is InChI=1S/C14H13F3N6O2/c1-18-11-10-12(22-13(21-11)14(15,16)17)23(6-20-10)7-5-19-9(25-3)4-8(7)24-2/h4-6H,1-3H3,(H,18,21,22). The third-order valence-electron chi connectivity index (χ3n) is 3.40. The number of hydrogen-bond acceptors (Lipinski definition) is 7. The van der Waals surface area contributed by atoms with E-state index < -0.39 is 12.0 Å². The fourth-order valence-electron chi connectivity index (χ4n) is 2.25. The molecule has 0 spiro atoms. The Bertz CT molecular complexity index is 925. The zero-order valence-corrected chi connectivity index (χ0v) is 13.4. The van der Waals surface area contributed by atoms with E-state index >= 15 is 0 Å². The average Bonchev–Trinajstić information content (AvgIpc) is 3.03. The number of ether oxygens (including phenoxy) is 2. The molecule has 0 aromatic carbocycles. The topological polar surface area (TPSA) is 87.0 Å². The van der Waals surface area contributed by atoms with Gasteiger partial charge in [0.1, 0.15) is 17.8 Å². The Morgan fingerprint density at radius 1 is 1.12 bits per heavy atom. The van der Waals surface area contributed by atoms with Crippen LogP contribution in [-0.2, 0) is 6.18 Å². The van der Waals surface area contributed by atoms with Gasteiger partial charge < -0.3 is 14.8 Å². The number of fused-ring (bicyclic) bond motifs is 1. The number of methoxy groups -OCH3 is 2. The number of imidazole rings is 1. The Hall–Kier alpha value is -3.11. The summed E-state index contributed by atoms with van der Waals surface area (Å²) in [5, 5.41) is 2.60. The van der Waals surface area contributed by atoms with Gasteiger partial charge in [0.05, 0.1) is 20.4 Å². The fourth-order valence-corrected chi connectivity index (χ4v) is 2.25. The maximum Gasteiger partial charge on any atom is 0.451 e. The quantitative estimate of drug-likeness (QED) is 0.769. The van der Waals surface area contributed by atoms with E-state index in [1.54, 1.807) is 0 Å². The van der Waals surface area contributed by atoms with Crippen molar-refractivity contribution in [2.24, 2.45) is 0 Å². The number of alkyl halides is 3. The summed E-state index contributed by atoms with van der Waals surface area (Å²) in [6.07, 6.45) is -1.98. The van der Waals surface area contributed by atoms with Crippen molar-refractivity contribution in [1.29, 1.82) is 0 Å². The summed E-state index contributed by atoms with van der Waals surface area (Å²) in [4.78, 5) is 15.2. The second kappa shape index (κ2) is 6.07. The molecule has 8 nitrogen and oxygen atoms in total. The van der Waals surface area contributed by atoms with Crippen LogP contribution in [0.5, 0.6) is 11.6 Å². The molecule has 0 aliphatic carbocycles. The molecule has 0 radical (unpaired) electrons. The summed E-state index contributed by atoms with van der Waals surface area (Å²) in [5.74, 6) is -0.668. The van der Waals surface area contributed by atoms with Crippen molar-refractivity contribution in [2.45, 2.75) is 6.18 Å². The zero-order valence-electron chi connectivity index (χ0n) is 13.4. The van der Waals surface area contributed by atoms with Gasteiger partial charge in [-0.1, -0.05) is 0 Å². The maximum atomic E-state index is 13.1. The minimum atomic E-state index is -4.70. The highest BCUT2D eigenvalue weighted by molar-refractivity contribution is 5.84.